The molecule has 1 heterocycles. The van der Waals surface area contributed by atoms with Gasteiger partial charge in [-0.3, -0.25) is 9.63 Å². The molecule has 3 aliphatic carbocycles. The number of nitrogens with one attached hydrogen (secondary N) is 2. The van der Waals surface area contributed by atoms with Crippen LogP contribution in [0.25, 0.3) is 0 Å². The maximum absolute atomic E-state index is 13.5. The highest BCUT2D eigenvalue weighted by Gasteiger charge is 2.57. The van der Waals surface area contributed by atoms with E-state index in [1.54, 1.807) is 12.0 Å². The molecule has 4 N–H and O–H groups in total. The van der Waals surface area contributed by atoms with Crippen molar-refractivity contribution in [3.05, 3.63) is 0 Å². The topological polar surface area (TPSA) is 97.3 Å². The van der Waals surface area contributed by atoms with Crippen molar-refractivity contribution in [2.24, 2.45) is 29.1 Å². The number of carbonyl (C=O) groups is 1. The zero-order valence-electron chi connectivity index (χ0n) is 21.6. The Morgan fingerprint density at radius 3 is 2.55 bits per heavy atom. The lowest BCUT2D eigenvalue weighted by Gasteiger charge is -2.62. The highest BCUT2D eigenvalue weighted by Crippen LogP contribution is 2.61. The fourth-order valence-corrected chi connectivity index (χ4v) is 6.49. The van der Waals surface area contributed by atoms with Gasteiger partial charge in [0.1, 0.15) is 12.1 Å². The Balaban J connectivity index is 1.57. The van der Waals surface area contributed by atoms with E-state index < -0.39 is 24.2 Å². The number of likely N-dealkylation sites (N-methyl/N-ethyl adjacent to an activating group) is 1. The number of unbranched alkanes of at least 4 members (excludes halogenated alkanes) is 1. The predicted octanol–water partition coefficient (Wildman–Crippen LogP) is 1.08. The van der Waals surface area contributed by atoms with Gasteiger partial charge in [0.05, 0.1) is 12.7 Å². The molecule has 0 unspecified atom stereocenters. The van der Waals surface area contributed by atoms with Gasteiger partial charge in [0.25, 0.3) is 0 Å². The van der Waals surface area contributed by atoms with E-state index in [-0.39, 0.29) is 18.6 Å². The molecule has 8 atom stereocenters. The maximum Gasteiger partial charge on any atom is 0.240 e. The Hall–Kier alpha value is -0.770. The van der Waals surface area contributed by atoms with Gasteiger partial charge in [-0.25, -0.2) is 0 Å². The maximum atomic E-state index is 13.5. The summed E-state index contributed by atoms with van der Waals surface area (Å²) in [4.78, 5) is 21.7. The van der Waals surface area contributed by atoms with Gasteiger partial charge in [0, 0.05) is 31.6 Å². The van der Waals surface area contributed by atoms with Gasteiger partial charge in [-0.05, 0) is 76.4 Å². The molecule has 1 amide bonds. The molecule has 8 heteroatoms. The molecule has 192 valence electrons. The van der Waals surface area contributed by atoms with Crippen LogP contribution in [0.2, 0.25) is 0 Å². The van der Waals surface area contributed by atoms with Crippen molar-refractivity contribution in [2.45, 2.75) is 77.7 Å². The number of hydroxylamine groups is 2. The zero-order chi connectivity index (χ0) is 24.3. The van der Waals surface area contributed by atoms with Crippen LogP contribution in [0.15, 0.2) is 0 Å². The predicted molar refractivity (Wildman–Crippen MR) is 129 cm³/mol. The van der Waals surface area contributed by atoms with Crippen molar-refractivity contribution in [1.82, 2.24) is 20.6 Å². The Morgan fingerprint density at radius 1 is 1.24 bits per heavy atom. The molecule has 3 saturated carbocycles. The summed E-state index contributed by atoms with van der Waals surface area (Å²) >= 11 is 0. The molecule has 0 aromatic carbocycles. The fraction of sp³-hybridized carbons (Fsp3) is 0.960. The van der Waals surface area contributed by atoms with Gasteiger partial charge < -0.3 is 25.7 Å². The number of aliphatic hydroxyl groups is 2. The zero-order valence-corrected chi connectivity index (χ0v) is 21.6. The highest BCUT2D eigenvalue weighted by atomic mass is 16.7. The number of nitrogens with zero attached hydrogens (tertiary/aromatic N) is 2. The van der Waals surface area contributed by atoms with Gasteiger partial charge >= 0.3 is 0 Å². The average Bonchev–Trinajstić information content (AvgIpc) is 3.12. The van der Waals surface area contributed by atoms with E-state index in [0.29, 0.717) is 29.7 Å². The Morgan fingerprint density at radius 2 is 1.97 bits per heavy atom. The van der Waals surface area contributed by atoms with Crippen molar-refractivity contribution < 1.29 is 19.8 Å². The van der Waals surface area contributed by atoms with Crippen LogP contribution in [0.4, 0.5) is 0 Å². The molecule has 0 aromatic heterocycles. The van der Waals surface area contributed by atoms with Gasteiger partial charge in [-0.15, -0.1) is 0 Å². The minimum absolute atomic E-state index is 0.0723. The van der Waals surface area contributed by atoms with Gasteiger partial charge in [0.15, 0.2) is 0 Å². The van der Waals surface area contributed by atoms with Crippen LogP contribution in [0.1, 0.15) is 53.4 Å². The number of aliphatic hydroxyl groups excluding tert-OH is 2. The van der Waals surface area contributed by atoms with Gasteiger partial charge in [-0.2, -0.15) is 5.06 Å². The third-order valence-corrected chi connectivity index (χ3v) is 8.78. The van der Waals surface area contributed by atoms with E-state index in [2.05, 4.69) is 50.4 Å². The molecular formula is C25H48N4O4. The quantitative estimate of drug-likeness (QED) is 0.318. The second-order valence-electron chi connectivity index (χ2n) is 11.6. The third-order valence-electron chi connectivity index (χ3n) is 8.78. The summed E-state index contributed by atoms with van der Waals surface area (Å²) in [5.41, 5.74) is 0.369. The molecule has 1 aliphatic heterocycles. The largest absolute Gasteiger partial charge is 0.394 e. The number of hydrogen-bond donors (Lipinski definition) is 4. The molecule has 0 spiro atoms. The third kappa shape index (κ3) is 5.90. The Bertz CT molecular complexity index is 644. The number of carbonyl (C=O) groups excluding carboxylic acids is 1. The van der Waals surface area contributed by atoms with E-state index in [4.69, 9.17) is 4.84 Å². The van der Waals surface area contributed by atoms with Crippen LogP contribution in [0.5, 0.6) is 0 Å². The number of hydrogen-bond acceptors (Lipinski definition) is 7. The molecule has 33 heavy (non-hydrogen) atoms. The molecule has 1 saturated heterocycles. The molecule has 8 nitrogen and oxygen atoms in total. The minimum atomic E-state index is -0.744. The fourth-order valence-electron chi connectivity index (χ4n) is 6.49. The van der Waals surface area contributed by atoms with Gasteiger partial charge in [0.2, 0.25) is 5.91 Å². The van der Waals surface area contributed by atoms with Crippen LogP contribution >= 0.6 is 0 Å². The highest BCUT2D eigenvalue weighted by molar-refractivity contribution is 5.82. The van der Waals surface area contributed by atoms with E-state index in [1.165, 1.54) is 6.42 Å². The Labute approximate surface area is 200 Å². The first-order valence-corrected chi connectivity index (χ1v) is 13.0. The molecule has 4 rings (SSSR count). The molecule has 4 aliphatic rings. The SMILES string of the molecule is C[C@@H]1[C@@H](NC(=O)[C@@H]2[C@H]([C@H](C)O)[C@H](CO)ON2CCCCNCCN(C)C)C[C@H]2C[C@@H]1C2(C)C. The van der Waals surface area contributed by atoms with Crippen molar-refractivity contribution in [1.29, 1.82) is 0 Å². The summed E-state index contributed by atoms with van der Waals surface area (Å²) in [5.74, 6) is 1.24. The number of fused-ring (bicyclic) bond motifs is 2. The van der Waals surface area contributed by atoms with E-state index in [0.717, 1.165) is 38.9 Å². The first kappa shape index (κ1) is 26.8. The van der Waals surface area contributed by atoms with Crippen LogP contribution in [0.3, 0.4) is 0 Å². The number of rotatable bonds is 12. The molecule has 4 fully saturated rings. The average molecular weight is 469 g/mol. The van der Waals surface area contributed by atoms with Crippen molar-refractivity contribution in [3.8, 4) is 0 Å². The van der Waals surface area contributed by atoms with Crippen molar-refractivity contribution in [2.75, 3.05) is 46.9 Å². The molecular weight excluding hydrogens is 420 g/mol. The molecule has 0 aromatic rings. The second-order valence-corrected chi connectivity index (χ2v) is 11.6. The van der Waals surface area contributed by atoms with E-state index in [1.807, 2.05) is 0 Å². The van der Waals surface area contributed by atoms with Crippen LogP contribution in [0, 0.1) is 29.1 Å². The Kier molecular flexibility index (Phi) is 9.20. The minimum Gasteiger partial charge on any atom is -0.394 e. The van der Waals surface area contributed by atoms with Gasteiger partial charge in [-0.1, -0.05) is 20.8 Å². The first-order chi connectivity index (χ1) is 15.6. The lowest BCUT2D eigenvalue weighted by molar-refractivity contribution is -0.178. The van der Waals surface area contributed by atoms with Crippen LogP contribution < -0.4 is 10.6 Å². The normalized spacial score (nSPS) is 36.6. The standard InChI is InChI=1S/C25H48N4O4/c1-16-19-13-18(25(19,3)4)14-20(16)27-24(32)23-22(17(2)31)21(15-30)33-29(23)11-8-7-9-26-10-12-28(5)6/h16-23,26,30-31H,7-15H2,1-6H3,(H,27,32)/t16-,17-,18+,19-,20-,21-,22+,23-/m0/s1. The van der Waals surface area contributed by atoms with Crippen molar-refractivity contribution in [3.63, 3.8) is 0 Å². The van der Waals surface area contributed by atoms with E-state index in [9.17, 15) is 15.0 Å². The molecule has 0 radical (unpaired) electrons. The summed E-state index contributed by atoms with van der Waals surface area (Å²) in [6, 6.07) is -0.415. The smallest absolute Gasteiger partial charge is 0.240 e. The first-order valence-electron chi connectivity index (χ1n) is 13.0. The lowest BCUT2D eigenvalue weighted by Crippen LogP contribution is -2.62. The number of amides is 1. The lowest BCUT2D eigenvalue weighted by atomic mass is 9.45. The summed E-state index contributed by atoms with van der Waals surface area (Å²) < 4.78 is 0. The van der Waals surface area contributed by atoms with Crippen molar-refractivity contribution >= 4 is 5.91 Å². The second kappa shape index (κ2) is 11.3. The van der Waals surface area contributed by atoms with Crippen LogP contribution in [-0.4, -0.2) is 97.3 Å². The summed E-state index contributed by atoms with van der Waals surface area (Å²) in [7, 11) is 4.12. The van der Waals surface area contributed by atoms with E-state index >= 15 is 0 Å². The summed E-state index contributed by atoms with van der Waals surface area (Å²) in [5, 5.41) is 28.8. The summed E-state index contributed by atoms with van der Waals surface area (Å²) in [6.45, 7) is 11.9. The molecule has 2 bridgehead atoms. The monoisotopic (exact) mass is 468 g/mol. The summed E-state index contributed by atoms with van der Waals surface area (Å²) in [6.07, 6.45) is 2.84. The van der Waals surface area contributed by atoms with Crippen LogP contribution in [-0.2, 0) is 9.63 Å².